The topological polar surface area (TPSA) is 32.3 Å². The first-order valence-corrected chi connectivity index (χ1v) is 4.95. The molecule has 76 valence electrons. The van der Waals surface area contributed by atoms with Crippen molar-refractivity contribution >= 4 is 5.91 Å². The first kappa shape index (κ1) is 10.5. The molecular formula is C10H20N2O. The van der Waals surface area contributed by atoms with Crippen LogP contribution in [0.5, 0.6) is 0 Å². The van der Waals surface area contributed by atoms with Gasteiger partial charge in [0.05, 0.1) is 5.41 Å². The van der Waals surface area contributed by atoms with Gasteiger partial charge in [-0.25, -0.2) is 0 Å². The van der Waals surface area contributed by atoms with E-state index in [1.807, 2.05) is 32.7 Å². The van der Waals surface area contributed by atoms with E-state index < -0.39 is 0 Å². The molecule has 1 aliphatic rings. The highest BCUT2D eigenvalue weighted by atomic mass is 16.2. The van der Waals surface area contributed by atoms with Crippen molar-refractivity contribution in [3.05, 3.63) is 0 Å². The second-order valence-corrected chi connectivity index (χ2v) is 4.50. The zero-order valence-corrected chi connectivity index (χ0v) is 9.05. The van der Waals surface area contributed by atoms with E-state index in [9.17, 15) is 4.79 Å². The van der Waals surface area contributed by atoms with Gasteiger partial charge in [0.1, 0.15) is 0 Å². The van der Waals surface area contributed by atoms with Gasteiger partial charge in [-0.1, -0.05) is 0 Å². The van der Waals surface area contributed by atoms with Gasteiger partial charge in [-0.3, -0.25) is 4.79 Å². The van der Waals surface area contributed by atoms with Crippen LogP contribution in [0.1, 0.15) is 27.2 Å². The summed E-state index contributed by atoms with van der Waals surface area (Å²) in [5.41, 5.74) is -0.168. The van der Waals surface area contributed by atoms with Crippen LogP contribution in [0, 0.1) is 5.41 Å². The highest BCUT2D eigenvalue weighted by Crippen LogP contribution is 2.27. The van der Waals surface area contributed by atoms with Crippen molar-refractivity contribution in [3.63, 3.8) is 0 Å². The standard InChI is InChI=1S/C10H20N2O/c1-8(2)12(4)9(13)10(3)5-6-11-7-10/h8,11H,5-7H2,1-4H3. The van der Waals surface area contributed by atoms with Crippen molar-refractivity contribution in [3.8, 4) is 0 Å². The molecule has 13 heavy (non-hydrogen) atoms. The van der Waals surface area contributed by atoms with Crippen LogP contribution in [-0.2, 0) is 4.79 Å². The Hall–Kier alpha value is -0.570. The van der Waals surface area contributed by atoms with Crippen LogP contribution in [0.4, 0.5) is 0 Å². The van der Waals surface area contributed by atoms with Gasteiger partial charge in [0, 0.05) is 19.6 Å². The fourth-order valence-corrected chi connectivity index (χ4v) is 1.66. The average molecular weight is 184 g/mol. The first-order valence-electron chi connectivity index (χ1n) is 4.95. The molecule has 1 N–H and O–H groups in total. The van der Waals surface area contributed by atoms with E-state index >= 15 is 0 Å². The largest absolute Gasteiger partial charge is 0.343 e. The number of amides is 1. The van der Waals surface area contributed by atoms with Gasteiger partial charge in [-0.2, -0.15) is 0 Å². The smallest absolute Gasteiger partial charge is 0.229 e. The molecule has 1 aliphatic heterocycles. The molecule has 1 atom stereocenters. The summed E-state index contributed by atoms with van der Waals surface area (Å²) in [6.45, 7) is 7.93. The molecule has 0 aliphatic carbocycles. The van der Waals surface area contributed by atoms with Crippen molar-refractivity contribution < 1.29 is 4.79 Å². The number of hydrogen-bond donors (Lipinski definition) is 1. The Morgan fingerprint density at radius 1 is 1.54 bits per heavy atom. The molecule has 0 aromatic carbocycles. The molecule has 0 radical (unpaired) electrons. The first-order chi connectivity index (χ1) is 5.97. The zero-order chi connectivity index (χ0) is 10.1. The lowest BCUT2D eigenvalue weighted by molar-refractivity contribution is -0.140. The van der Waals surface area contributed by atoms with Crippen molar-refractivity contribution in [1.82, 2.24) is 10.2 Å². The Morgan fingerprint density at radius 3 is 2.54 bits per heavy atom. The minimum atomic E-state index is -0.168. The minimum absolute atomic E-state index is 0.168. The second kappa shape index (κ2) is 3.66. The molecule has 1 unspecified atom stereocenters. The maximum atomic E-state index is 12.0. The third kappa shape index (κ3) is 2.02. The predicted molar refractivity (Wildman–Crippen MR) is 53.5 cm³/mol. The summed E-state index contributed by atoms with van der Waals surface area (Å²) in [6, 6.07) is 0.296. The van der Waals surface area contributed by atoms with E-state index in [1.165, 1.54) is 0 Å². The Balaban J connectivity index is 2.65. The summed E-state index contributed by atoms with van der Waals surface area (Å²) < 4.78 is 0. The van der Waals surface area contributed by atoms with E-state index in [-0.39, 0.29) is 11.3 Å². The molecule has 1 amide bonds. The monoisotopic (exact) mass is 184 g/mol. The van der Waals surface area contributed by atoms with Crippen LogP contribution >= 0.6 is 0 Å². The predicted octanol–water partition coefficient (Wildman–Crippen LogP) is 0.853. The quantitative estimate of drug-likeness (QED) is 0.690. The van der Waals surface area contributed by atoms with Crippen molar-refractivity contribution in [2.24, 2.45) is 5.41 Å². The Morgan fingerprint density at radius 2 is 2.15 bits per heavy atom. The SMILES string of the molecule is CC(C)N(C)C(=O)C1(C)CCNC1. The van der Waals surface area contributed by atoms with E-state index in [0.29, 0.717) is 6.04 Å². The third-order valence-corrected chi connectivity index (χ3v) is 2.98. The summed E-state index contributed by atoms with van der Waals surface area (Å²) in [7, 11) is 1.89. The molecule has 3 nitrogen and oxygen atoms in total. The number of nitrogens with zero attached hydrogens (tertiary/aromatic N) is 1. The molecule has 1 fully saturated rings. The number of carbonyl (C=O) groups is 1. The summed E-state index contributed by atoms with van der Waals surface area (Å²) in [4.78, 5) is 13.8. The number of carbonyl (C=O) groups excluding carboxylic acids is 1. The lowest BCUT2D eigenvalue weighted by Gasteiger charge is -2.30. The molecule has 0 saturated carbocycles. The molecule has 0 aromatic heterocycles. The summed E-state index contributed by atoms with van der Waals surface area (Å²) >= 11 is 0. The lowest BCUT2D eigenvalue weighted by atomic mass is 9.88. The Bertz CT molecular complexity index is 195. The molecule has 0 spiro atoms. The maximum absolute atomic E-state index is 12.0. The van der Waals surface area contributed by atoms with Gasteiger partial charge in [0.15, 0.2) is 0 Å². The van der Waals surface area contributed by atoms with Gasteiger partial charge in [0.25, 0.3) is 0 Å². The highest BCUT2D eigenvalue weighted by Gasteiger charge is 2.38. The van der Waals surface area contributed by atoms with Crippen molar-refractivity contribution in [1.29, 1.82) is 0 Å². The van der Waals surface area contributed by atoms with Crippen LogP contribution in [0.2, 0.25) is 0 Å². The lowest BCUT2D eigenvalue weighted by Crippen LogP contribution is -2.44. The summed E-state index contributed by atoms with van der Waals surface area (Å²) in [5, 5.41) is 3.24. The zero-order valence-electron chi connectivity index (χ0n) is 9.05. The Kier molecular flexibility index (Phi) is 2.96. The molecule has 0 bridgehead atoms. The van der Waals surface area contributed by atoms with Crippen LogP contribution in [0.25, 0.3) is 0 Å². The van der Waals surface area contributed by atoms with E-state index in [0.717, 1.165) is 19.5 Å². The Labute approximate surface area is 80.5 Å². The highest BCUT2D eigenvalue weighted by molar-refractivity contribution is 5.83. The second-order valence-electron chi connectivity index (χ2n) is 4.50. The summed E-state index contributed by atoms with van der Waals surface area (Å²) in [6.07, 6.45) is 0.961. The van der Waals surface area contributed by atoms with Crippen LogP contribution in [0.15, 0.2) is 0 Å². The molecule has 0 aromatic rings. The molecule has 3 heteroatoms. The summed E-state index contributed by atoms with van der Waals surface area (Å²) in [5.74, 6) is 0.271. The molecule has 1 heterocycles. The van der Waals surface area contributed by atoms with Gasteiger partial charge >= 0.3 is 0 Å². The van der Waals surface area contributed by atoms with Gasteiger partial charge in [0.2, 0.25) is 5.91 Å². The normalized spacial score (nSPS) is 28.1. The van der Waals surface area contributed by atoms with E-state index in [4.69, 9.17) is 0 Å². The van der Waals surface area contributed by atoms with Crippen LogP contribution < -0.4 is 5.32 Å². The van der Waals surface area contributed by atoms with Crippen LogP contribution in [0.3, 0.4) is 0 Å². The average Bonchev–Trinajstić information content (AvgIpc) is 2.50. The maximum Gasteiger partial charge on any atom is 0.229 e. The van der Waals surface area contributed by atoms with Gasteiger partial charge < -0.3 is 10.2 Å². The van der Waals surface area contributed by atoms with E-state index in [1.54, 1.807) is 0 Å². The fourth-order valence-electron chi connectivity index (χ4n) is 1.66. The minimum Gasteiger partial charge on any atom is -0.343 e. The third-order valence-electron chi connectivity index (χ3n) is 2.98. The molecule has 1 saturated heterocycles. The van der Waals surface area contributed by atoms with Gasteiger partial charge in [-0.05, 0) is 33.7 Å². The van der Waals surface area contributed by atoms with Gasteiger partial charge in [-0.15, -0.1) is 0 Å². The van der Waals surface area contributed by atoms with E-state index in [2.05, 4.69) is 5.32 Å². The fraction of sp³-hybridized carbons (Fsp3) is 0.900. The molecular weight excluding hydrogens is 164 g/mol. The molecule has 1 rings (SSSR count). The number of rotatable bonds is 2. The number of hydrogen-bond acceptors (Lipinski definition) is 2. The van der Waals surface area contributed by atoms with Crippen molar-refractivity contribution in [2.75, 3.05) is 20.1 Å². The van der Waals surface area contributed by atoms with Crippen molar-refractivity contribution in [2.45, 2.75) is 33.2 Å². The number of nitrogens with one attached hydrogen (secondary N) is 1. The van der Waals surface area contributed by atoms with Crippen LogP contribution in [-0.4, -0.2) is 37.0 Å².